The summed E-state index contributed by atoms with van der Waals surface area (Å²) in [6.45, 7) is 3.63. The molecule has 2 N–H and O–H groups in total. The third-order valence-electron chi connectivity index (χ3n) is 4.90. The second-order valence-corrected chi connectivity index (χ2v) is 6.81. The van der Waals surface area contributed by atoms with Gasteiger partial charge in [0.05, 0.1) is 5.92 Å². The van der Waals surface area contributed by atoms with Crippen LogP contribution in [0.4, 0.5) is 0 Å². The third kappa shape index (κ3) is 5.33. The van der Waals surface area contributed by atoms with Gasteiger partial charge in [-0.1, -0.05) is 29.8 Å². The van der Waals surface area contributed by atoms with Crippen LogP contribution < -0.4 is 15.4 Å². The number of carbonyl (C=O) groups excluding carboxylic acids is 2. The molecule has 1 fully saturated rings. The van der Waals surface area contributed by atoms with E-state index in [9.17, 15) is 9.59 Å². The number of benzene rings is 1. The lowest BCUT2D eigenvalue weighted by molar-refractivity contribution is -0.137. The maximum atomic E-state index is 12.5. The predicted molar refractivity (Wildman–Crippen MR) is 99.8 cm³/mol. The van der Waals surface area contributed by atoms with Gasteiger partial charge < -0.3 is 20.3 Å². The molecule has 0 aliphatic carbocycles. The van der Waals surface area contributed by atoms with Gasteiger partial charge >= 0.3 is 0 Å². The molecular weight excluding hydrogens is 330 g/mol. The second kappa shape index (κ2) is 9.38. The highest BCUT2D eigenvalue weighted by molar-refractivity contribution is 5.82. The summed E-state index contributed by atoms with van der Waals surface area (Å²) >= 11 is 0. The molecule has 1 atom stereocenters. The van der Waals surface area contributed by atoms with Crippen molar-refractivity contribution in [1.82, 2.24) is 15.5 Å². The Hall–Kier alpha value is -2.34. The number of likely N-dealkylation sites (tertiary alicyclic amines) is 1. The predicted octanol–water partition coefficient (Wildman–Crippen LogP) is 1.34. The maximum Gasteiger partial charge on any atom is 0.260 e. The minimum absolute atomic E-state index is 0.0121. The van der Waals surface area contributed by atoms with Crippen LogP contribution in [0.2, 0.25) is 0 Å². The molecular formula is C20H27N3O3. The smallest absolute Gasteiger partial charge is 0.260 e. The standard InChI is InChI=1S/C20H27N3O3/c24-19(15-26-18-6-2-1-3-7-18)23-12-4-5-17(14-23)20(25)22-13-16-8-10-21-11-9-16/h1-3,6-8,17,21H,4-5,9-15H2,(H,22,25). The number of nitrogens with zero attached hydrogens (tertiary/aromatic N) is 1. The highest BCUT2D eigenvalue weighted by atomic mass is 16.5. The van der Waals surface area contributed by atoms with Gasteiger partial charge in [-0.2, -0.15) is 0 Å². The largest absolute Gasteiger partial charge is 0.484 e. The molecule has 140 valence electrons. The van der Waals surface area contributed by atoms with Crippen molar-refractivity contribution in [2.24, 2.45) is 5.92 Å². The first kappa shape index (κ1) is 18.5. The lowest BCUT2D eigenvalue weighted by Gasteiger charge is -2.32. The topological polar surface area (TPSA) is 70.7 Å². The Morgan fingerprint density at radius 2 is 2.12 bits per heavy atom. The van der Waals surface area contributed by atoms with Crippen molar-refractivity contribution in [2.45, 2.75) is 19.3 Å². The van der Waals surface area contributed by atoms with E-state index in [4.69, 9.17) is 4.74 Å². The number of ether oxygens (including phenoxy) is 1. The first-order valence-electron chi connectivity index (χ1n) is 9.34. The number of carbonyl (C=O) groups is 2. The number of amides is 2. The van der Waals surface area contributed by atoms with E-state index in [2.05, 4.69) is 16.7 Å². The van der Waals surface area contributed by atoms with Gasteiger partial charge in [0, 0.05) is 26.2 Å². The molecule has 2 aliphatic rings. The summed E-state index contributed by atoms with van der Waals surface area (Å²) in [7, 11) is 0. The quantitative estimate of drug-likeness (QED) is 0.754. The highest BCUT2D eigenvalue weighted by Gasteiger charge is 2.28. The van der Waals surface area contributed by atoms with Crippen molar-refractivity contribution in [3.05, 3.63) is 42.0 Å². The van der Waals surface area contributed by atoms with Crippen molar-refractivity contribution < 1.29 is 14.3 Å². The summed E-state index contributed by atoms with van der Waals surface area (Å²) < 4.78 is 5.54. The van der Waals surface area contributed by atoms with E-state index in [1.165, 1.54) is 5.57 Å². The normalized spacial score (nSPS) is 20.2. The number of nitrogens with one attached hydrogen (secondary N) is 2. The summed E-state index contributed by atoms with van der Waals surface area (Å²) in [5, 5.41) is 6.30. The molecule has 26 heavy (non-hydrogen) atoms. The van der Waals surface area contributed by atoms with Crippen molar-refractivity contribution in [2.75, 3.05) is 39.3 Å². The third-order valence-corrected chi connectivity index (χ3v) is 4.90. The van der Waals surface area contributed by atoms with E-state index in [0.717, 1.165) is 32.4 Å². The Labute approximate surface area is 154 Å². The number of rotatable bonds is 6. The fourth-order valence-electron chi connectivity index (χ4n) is 3.35. The monoisotopic (exact) mass is 357 g/mol. The van der Waals surface area contributed by atoms with Crippen LogP contribution in [0, 0.1) is 5.92 Å². The zero-order valence-electron chi connectivity index (χ0n) is 15.1. The Bertz CT molecular complexity index is 645. The fourth-order valence-corrected chi connectivity index (χ4v) is 3.35. The molecule has 6 heteroatoms. The van der Waals surface area contributed by atoms with Crippen molar-refractivity contribution in [3.8, 4) is 5.75 Å². The Balaban J connectivity index is 1.44. The van der Waals surface area contributed by atoms with Gasteiger partial charge in [-0.05, 0) is 37.9 Å². The van der Waals surface area contributed by atoms with Crippen LogP contribution in [0.25, 0.3) is 0 Å². The Morgan fingerprint density at radius 3 is 2.88 bits per heavy atom. The Morgan fingerprint density at radius 1 is 1.27 bits per heavy atom. The van der Waals surface area contributed by atoms with E-state index >= 15 is 0 Å². The van der Waals surface area contributed by atoms with E-state index in [1.807, 2.05) is 30.3 Å². The zero-order valence-corrected chi connectivity index (χ0v) is 15.1. The molecule has 3 rings (SSSR count). The lowest BCUT2D eigenvalue weighted by Crippen LogP contribution is -2.47. The van der Waals surface area contributed by atoms with Crippen LogP contribution in [0.5, 0.6) is 5.75 Å². The number of piperidine rings is 1. The van der Waals surface area contributed by atoms with Crippen LogP contribution in [0.15, 0.2) is 42.0 Å². The van der Waals surface area contributed by atoms with Gasteiger partial charge in [0.15, 0.2) is 6.61 Å². The summed E-state index contributed by atoms with van der Waals surface area (Å²) in [6, 6.07) is 9.31. The molecule has 6 nitrogen and oxygen atoms in total. The maximum absolute atomic E-state index is 12.5. The second-order valence-electron chi connectivity index (χ2n) is 6.81. The van der Waals surface area contributed by atoms with Crippen LogP contribution in [-0.4, -0.2) is 56.0 Å². The lowest BCUT2D eigenvalue weighted by atomic mass is 9.97. The van der Waals surface area contributed by atoms with E-state index in [1.54, 1.807) is 4.90 Å². The van der Waals surface area contributed by atoms with Gasteiger partial charge in [0.2, 0.25) is 5.91 Å². The van der Waals surface area contributed by atoms with Gasteiger partial charge in [0.1, 0.15) is 5.75 Å². The molecule has 1 aromatic carbocycles. The fraction of sp³-hybridized carbons (Fsp3) is 0.500. The molecule has 0 saturated carbocycles. The van der Waals surface area contributed by atoms with Crippen LogP contribution in [0.1, 0.15) is 19.3 Å². The summed E-state index contributed by atoms with van der Waals surface area (Å²) in [6.07, 6.45) is 4.80. The molecule has 0 radical (unpaired) electrons. The van der Waals surface area contributed by atoms with Gasteiger partial charge in [-0.15, -0.1) is 0 Å². The molecule has 0 spiro atoms. The van der Waals surface area contributed by atoms with Crippen molar-refractivity contribution >= 4 is 11.8 Å². The number of hydrogen-bond acceptors (Lipinski definition) is 4. The van der Waals surface area contributed by atoms with Crippen LogP contribution in [-0.2, 0) is 9.59 Å². The summed E-state index contributed by atoms with van der Waals surface area (Å²) in [5.41, 5.74) is 1.28. The molecule has 0 aromatic heterocycles. The number of hydrogen-bond donors (Lipinski definition) is 2. The zero-order chi connectivity index (χ0) is 18.2. The molecule has 2 amide bonds. The van der Waals surface area contributed by atoms with Gasteiger partial charge in [-0.25, -0.2) is 0 Å². The minimum Gasteiger partial charge on any atom is -0.484 e. The molecule has 2 heterocycles. The van der Waals surface area contributed by atoms with Gasteiger partial charge in [-0.3, -0.25) is 9.59 Å². The molecule has 2 aliphatic heterocycles. The average Bonchev–Trinajstić information content (AvgIpc) is 2.72. The SMILES string of the molecule is O=C(NCC1=CCNCC1)C1CCCN(C(=O)COc2ccccc2)C1. The highest BCUT2D eigenvalue weighted by Crippen LogP contribution is 2.18. The van der Waals surface area contributed by atoms with Crippen molar-refractivity contribution in [1.29, 1.82) is 0 Å². The molecule has 0 bridgehead atoms. The van der Waals surface area contributed by atoms with Crippen molar-refractivity contribution in [3.63, 3.8) is 0 Å². The van der Waals surface area contributed by atoms with Gasteiger partial charge in [0.25, 0.3) is 5.91 Å². The molecule has 1 aromatic rings. The van der Waals surface area contributed by atoms with E-state index in [-0.39, 0.29) is 24.3 Å². The van der Waals surface area contributed by atoms with E-state index < -0.39 is 0 Å². The van der Waals surface area contributed by atoms with Crippen LogP contribution >= 0.6 is 0 Å². The van der Waals surface area contributed by atoms with E-state index in [0.29, 0.717) is 25.4 Å². The first-order valence-corrected chi connectivity index (χ1v) is 9.34. The summed E-state index contributed by atoms with van der Waals surface area (Å²) in [5.74, 6) is 0.535. The first-order chi connectivity index (χ1) is 12.7. The molecule has 1 unspecified atom stereocenters. The Kier molecular flexibility index (Phi) is 6.66. The molecule has 1 saturated heterocycles. The average molecular weight is 357 g/mol. The number of para-hydroxylation sites is 1. The minimum atomic E-state index is -0.133. The van der Waals surface area contributed by atoms with Crippen LogP contribution in [0.3, 0.4) is 0 Å². The summed E-state index contributed by atoms with van der Waals surface area (Å²) in [4.78, 5) is 26.6.